The Bertz CT molecular complexity index is 602. The van der Waals surface area contributed by atoms with Crippen LogP contribution in [0.3, 0.4) is 0 Å². The summed E-state index contributed by atoms with van der Waals surface area (Å²) in [6.07, 6.45) is 1.68. The average Bonchev–Trinajstić information content (AvgIpc) is 2.50. The molecule has 1 aliphatic rings. The number of hydrogen-bond acceptors (Lipinski definition) is 4. The number of anilines is 1. The van der Waals surface area contributed by atoms with E-state index < -0.39 is 15.6 Å². The van der Waals surface area contributed by atoms with Gasteiger partial charge in [0.15, 0.2) is 0 Å². The monoisotopic (exact) mass is 362 g/mol. The maximum atomic E-state index is 12.6. The highest BCUT2D eigenvalue weighted by molar-refractivity contribution is 9.10. The Morgan fingerprint density at radius 1 is 1.35 bits per heavy atom. The zero-order valence-corrected chi connectivity index (χ0v) is 13.7. The SMILES string of the molecule is CC1(O)CCCN(S(=O)(=O)c2ccc(Br)cc2N)CC1. The first kappa shape index (κ1) is 15.8. The maximum absolute atomic E-state index is 12.6. The van der Waals surface area contributed by atoms with Gasteiger partial charge in [-0.3, -0.25) is 0 Å². The Kier molecular flexibility index (Phi) is 4.44. The molecule has 1 aromatic rings. The van der Waals surface area contributed by atoms with Crippen LogP contribution in [0.25, 0.3) is 0 Å². The standard InChI is InChI=1S/C13H19BrN2O3S/c1-13(17)5-2-7-16(8-6-13)20(18,19)12-4-3-10(14)9-11(12)15/h3-4,9,17H,2,5-8,15H2,1H3. The summed E-state index contributed by atoms with van der Waals surface area (Å²) in [7, 11) is -3.61. The maximum Gasteiger partial charge on any atom is 0.245 e. The van der Waals surface area contributed by atoms with Crippen molar-refractivity contribution in [2.75, 3.05) is 18.8 Å². The molecule has 2 rings (SSSR count). The smallest absolute Gasteiger partial charge is 0.245 e. The van der Waals surface area contributed by atoms with Gasteiger partial charge in [0.2, 0.25) is 10.0 Å². The molecular formula is C13H19BrN2O3S. The first-order chi connectivity index (χ1) is 9.22. The minimum atomic E-state index is -3.61. The number of nitrogens with two attached hydrogens (primary N) is 1. The number of benzene rings is 1. The zero-order valence-electron chi connectivity index (χ0n) is 11.3. The van der Waals surface area contributed by atoms with Crippen LogP contribution in [0.2, 0.25) is 0 Å². The van der Waals surface area contributed by atoms with Crippen LogP contribution in [0.4, 0.5) is 5.69 Å². The molecule has 7 heteroatoms. The predicted molar refractivity (Wildman–Crippen MR) is 81.8 cm³/mol. The van der Waals surface area contributed by atoms with Gasteiger partial charge in [0, 0.05) is 17.6 Å². The summed E-state index contributed by atoms with van der Waals surface area (Å²) in [4.78, 5) is 0.127. The molecule has 1 saturated heterocycles. The number of nitrogens with zero attached hydrogens (tertiary/aromatic N) is 1. The van der Waals surface area contributed by atoms with Gasteiger partial charge >= 0.3 is 0 Å². The molecule has 1 atom stereocenters. The van der Waals surface area contributed by atoms with Crippen LogP contribution < -0.4 is 5.73 Å². The number of aliphatic hydroxyl groups is 1. The van der Waals surface area contributed by atoms with Crippen molar-refractivity contribution in [2.45, 2.75) is 36.7 Å². The van der Waals surface area contributed by atoms with Crippen LogP contribution in [0, 0.1) is 0 Å². The molecular weight excluding hydrogens is 344 g/mol. The molecule has 0 bridgehead atoms. The van der Waals surface area contributed by atoms with E-state index in [1.807, 2.05) is 0 Å². The van der Waals surface area contributed by atoms with Crippen molar-refractivity contribution in [3.63, 3.8) is 0 Å². The van der Waals surface area contributed by atoms with E-state index in [9.17, 15) is 13.5 Å². The molecule has 0 spiro atoms. The Morgan fingerprint density at radius 2 is 2.05 bits per heavy atom. The third-order valence-electron chi connectivity index (χ3n) is 3.61. The van der Waals surface area contributed by atoms with Gasteiger partial charge in [-0.2, -0.15) is 4.31 Å². The Labute approximate surface area is 128 Å². The summed E-state index contributed by atoms with van der Waals surface area (Å²) in [6, 6.07) is 4.76. The van der Waals surface area contributed by atoms with Gasteiger partial charge in [-0.25, -0.2) is 8.42 Å². The van der Waals surface area contributed by atoms with Crippen molar-refractivity contribution < 1.29 is 13.5 Å². The summed E-state index contributed by atoms with van der Waals surface area (Å²) in [5.41, 5.74) is 5.26. The van der Waals surface area contributed by atoms with Crippen LogP contribution in [0.15, 0.2) is 27.6 Å². The molecule has 1 aliphatic heterocycles. The number of rotatable bonds is 2. The average molecular weight is 363 g/mol. The van der Waals surface area contributed by atoms with E-state index in [1.165, 1.54) is 10.4 Å². The minimum absolute atomic E-state index is 0.127. The highest BCUT2D eigenvalue weighted by Crippen LogP contribution is 2.29. The van der Waals surface area contributed by atoms with Crippen LogP contribution in [-0.2, 0) is 10.0 Å². The highest BCUT2D eigenvalue weighted by atomic mass is 79.9. The van der Waals surface area contributed by atoms with E-state index in [0.29, 0.717) is 32.4 Å². The van der Waals surface area contributed by atoms with Crippen molar-refractivity contribution in [3.05, 3.63) is 22.7 Å². The molecule has 3 N–H and O–H groups in total. The summed E-state index contributed by atoms with van der Waals surface area (Å²) < 4.78 is 27.4. The largest absolute Gasteiger partial charge is 0.398 e. The highest BCUT2D eigenvalue weighted by Gasteiger charge is 2.32. The molecule has 5 nitrogen and oxygen atoms in total. The summed E-state index contributed by atoms with van der Waals surface area (Å²) in [6.45, 7) is 2.47. The summed E-state index contributed by atoms with van der Waals surface area (Å²) in [5.74, 6) is 0. The second-order valence-electron chi connectivity index (χ2n) is 5.44. The summed E-state index contributed by atoms with van der Waals surface area (Å²) in [5, 5.41) is 10.0. The molecule has 0 aliphatic carbocycles. The van der Waals surface area contributed by atoms with E-state index >= 15 is 0 Å². The minimum Gasteiger partial charge on any atom is -0.398 e. The van der Waals surface area contributed by atoms with Gasteiger partial charge < -0.3 is 10.8 Å². The van der Waals surface area contributed by atoms with Crippen LogP contribution in [0.1, 0.15) is 26.2 Å². The van der Waals surface area contributed by atoms with Crippen LogP contribution in [-0.4, -0.2) is 36.5 Å². The molecule has 1 fully saturated rings. The third-order valence-corrected chi connectivity index (χ3v) is 6.08. The van der Waals surface area contributed by atoms with Gasteiger partial charge in [-0.15, -0.1) is 0 Å². The van der Waals surface area contributed by atoms with Gasteiger partial charge in [0.1, 0.15) is 4.90 Å². The zero-order chi connectivity index (χ0) is 15.0. The topological polar surface area (TPSA) is 83.6 Å². The number of nitrogen functional groups attached to an aromatic ring is 1. The number of hydrogen-bond donors (Lipinski definition) is 2. The number of halogens is 1. The lowest BCUT2D eigenvalue weighted by molar-refractivity contribution is 0.0465. The fraction of sp³-hybridized carbons (Fsp3) is 0.538. The molecule has 0 aromatic heterocycles. The Balaban J connectivity index is 2.30. The normalized spacial score (nSPS) is 25.4. The fourth-order valence-corrected chi connectivity index (χ4v) is 4.33. The van der Waals surface area contributed by atoms with Crippen molar-refractivity contribution in [1.82, 2.24) is 4.31 Å². The van der Waals surface area contributed by atoms with Gasteiger partial charge in [-0.05, 0) is 44.4 Å². The van der Waals surface area contributed by atoms with E-state index in [4.69, 9.17) is 5.73 Å². The van der Waals surface area contributed by atoms with E-state index in [0.717, 1.165) is 4.47 Å². The Morgan fingerprint density at radius 3 is 2.70 bits per heavy atom. The Hall–Kier alpha value is -0.630. The second kappa shape index (κ2) is 5.63. The molecule has 1 unspecified atom stereocenters. The predicted octanol–water partition coefficient (Wildman–Crippen LogP) is 1.96. The molecule has 0 amide bonds. The van der Waals surface area contributed by atoms with Crippen molar-refractivity contribution in [1.29, 1.82) is 0 Å². The van der Waals surface area contributed by atoms with E-state index in [2.05, 4.69) is 15.9 Å². The van der Waals surface area contributed by atoms with Crippen LogP contribution >= 0.6 is 15.9 Å². The molecule has 1 aromatic carbocycles. The molecule has 1 heterocycles. The first-order valence-corrected chi connectivity index (χ1v) is 8.73. The van der Waals surface area contributed by atoms with Crippen molar-refractivity contribution in [3.8, 4) is 0 Å². The summed E-state index contributed by atoms with van der Waals surface area (Å²) >= 11 is 3.26. The van der Waals surface area contributed by atoms with Crippen LogP contribution in [0.5, 0.6) is 0 Å². The molecule has 0 radical (unpaired) electrons. The lowest BCUT2D eigenvalue weighted by Gasteiger charge is -2.22. The third kappa shape index (κ3) is 3.33. The number of sulfonamides is 1. The van der Waals surface area contributed by atoms with E-state index in [1.54, 1.807) is 19.1 Å². The lowest BCUT2D eigenvalue weighted by Crippen LogP contribution is -2.34. The van der Waals surface area contributed by atoms with Gasteiger partial charge in [0.05, 0.1) is 11.3 Å². The van der Waals surface area contributed by atoms with Gasteiger partial charge in [-0.1, -0.05) is 15.9 Å². The first-order valence-electron chi connectivity index (χ1n) is 6.50. The van der Waals surface area contributed by atoms with E-state index in [-0.39, 0.29) is 10.6 Å². The molecule has 20 heavy (non-hydrogen) atoms. The molecule has 0 saturated carbocycles. The van der Waals surface area contributed by atoms with Gasteiger partial charge in [0.25, 0.3) is 0 Å². The second-order valence-corrected chi connectivity index (χ2v) is 8.26. The van der Waals surface area contributed by atoms with Crippen molar-refractivity contribution >= 4 is 31.6 Å². The molecule has 112 valence electrons. The fourth-order valence-electron chi connectivity index (χ4n) is 2.37. The quantitative estimate of drug-likeness (QED) is 0.787. The lowest BCUT2D eigenvalue weighted by atomic mass is 9.98. The van der Waals surface area contributed by atoms with Crippen molar-refractivity contribution in [2.24, 2.45) is 0 Å².